The fourth-order valence-electron chi connectivity index (χ4n) is 3.61. The minimum atomic E-state index is -0.240. The van der Waals surface area contributed by atoms with E-state index in [0.717, 1.165) is 12.8 Å². The van der Waals surface area contributed by atoms with Gasteiger partial charge in [0.15, 0.2) is 0 Å². The van der Waals surface area contributed by atoms with Crippen LogP contribution in [0.2, 0.25) is 0 Å². The Bertz CT molecular complexity index is 633. The van der Waals surface area contributed by atoms with E-state index in [0.29, 0.717) is 13.1 Å². The fourth-order valence-corrected chi connectivity index (χ4v) is 3.61. The molecule has 3 heteroatoms. The first-order valence-electron chi connectivity index (χ1n) is 7.54. The zero-order valence-electron chi connectivity index (χ0n) is 11.9. The molecule has 1 fully saturated rings. The van der Waals surface area contributed by atoms with Crippen LogP contribution in [0.5, 0.6) is 0 Å². The standard InChI is InChI=1S/C18H19NO2/c20-19-12-10-18(11-13-19)16-9-5-4-8-15(16)17(21-18)14-6-2-1-3-7-14/h1-9,17,20H,10-13H2/t17-/m1/s1. The smallest absolute Gasteiger partial charge is 0.109 e. The summed E-state index contributed by atoms with van der Waals surface area (Å²) in [6.45, 7) is 1.33. The third-order valence-corrected chi connectivity index (χ3v) is 4.73. The molecule has 0 radical (unpaired) electrons. The first kappa shape index (κ1) is 13.0. The van der Waals surface area contributed by atoms with Gasteiger partial charge in [-0.3, -0.25) is 0 Å². The van der Waals surface area contributed by atoms with Crippen molar-refractivity contribution in [1.29, 1.82) is 0 Å². The van der Waals surface area contributed by atoms with Crippen LogP contribution in [0.3, 0.4) is 0 Å². The topological polar surface area (TPSA) is 32.7 Å². The summed E-state index contributed by atoms with van der Waals surface area (Å²) in [5, 5.41) is 11.1. The van der Waals surface area contributed by atoms with Gasteiger partial charge in [-0.25, -0.2) is 0 Å². The average Bonchev–Trinajstić information content (AvgIpc) is 2.87. The Labute approximate surface area is 124 Å². The molecule has 2 heterocycles. The van der Waals surface area contributed by atoms with Crippen LogP contribution in [0.1, 0.15) is 35.6 Å². The van der Waals surface area contributed by atoms with Crippen LogP contribution in [-0.4, -0.2) is 23.4 Å². The summed E-state index contributed by atoms with van der Waals surface area (Å²) < 4.78 is 6.56. The summed E-state index contributed by atoms with van der Waals surface area (Å²) in [7, 11) is 0. The number of piperidine rings is 1. The highest BCUT2D eigenvalue weighted by atomic mass is 16.5. The van der Waals surface area contributed by atoms with Crippen LogP contribution >= 0.6 is 0 Å². The molecule has 1 N–H and O–H groups in total. The predicted molar refractivity (Wildman–Crippen MR) is 80.1 cm³/mol. The largest absolute Gasteiger partial charge is 0.358 e. The maximum absolute atomic E-state index is 9.66. The lowest BCUT2D eigenvalue weighted by molar-refractivity contribution is -0.169. The molecular weight excluding hydrogens is 262 g/mol. The van der Waals surface area contributed by atoms with E-state index in [1.807, 2.05) is 6.07 Å². The Balaban J connectivity index is 1.77. The Hall–Kier alpha value is -1.68. The number of hydrogen-bond donors (Lipinski definition) is 1. The molecule has 1 saturated heterocycles. The monoisotopic (exact) mass is 281 g/mol. The normalized spacial score (nSPS) is 24.1. The highest BCUT2D eigenvalue weighted by Crippen LogP contribution is 2.51. The van der Waals surface area contributed by atoms with Gasteiger partial charge in [-0.05, 0) is 29.5 Å². The number of hydroxylamine groups is 2. The summed E-state index contributed by atoms with van der Waals surface area (Å²) in [6.07, 6.45) is 1.68. The van der Waals surface area contributed by atoms with Crippen molar-refractivity contribution in [3.8, 4) is 0 Å². The van der Waals surface area contributed by atoms with Crippen molar-refractivity contribution >= 4 is 0 Å². The number of rotatable bonds is 1. The molecule has 0 aromatic heterocycles. The van der Waals surface area contributed by atoms with Crippen LogP contribution in [0.15, 0.2) is 54.6 Å². The summed E-state index contributed by atoms with van der Waals surface area (Å²) in [4.78, 5) is 0. The SMILES string of the molecule is ON1CCC2(CC1)O[C@H](c1ccccc1)c1ccccc12. The Morgan fingerprint density at radius 2 is 1.62 bits per heavy atom. The molecule has 2 aliphatic rings. The summed E-state index contributed by atoms with van der Waals surface area (Å²) in [5.41, 5.74) is 3.53. The van der Waals surface area contributed by atoms with Crippen LogP contribution in [0, 0.1) is 0 Å². The summed E-state index contributed by atoms with van der Waals surface area (Å²) in [6, 6.07) is 18.9. The molecule has 108 valence electrons. The van der Waals surface area contributed by atoms with E-state index in [4.69, 9.17) is 4.74 Å². The van der Waals surface area contributed by atoms with Gasteiger partial charge in [0, 0.05) is 13.1 Å². The van der Waals surface area contributed by atoms with E-state index in [1.165, 1.54) is 21.8 Å². The van der Waals surface area contributed by atoms with Crippen molar-refractivity contribution in [2.75, 3.05) is 13.1 Å². The van der Waals surface area contributed by atoms with E-state index in [-0.39, 0.29) is 11.7 Å². The number of nitrogens with zero attached hydrogens (tertiary/aromatic N) is 1. The first-order chi connectivity index (χ1) is 10.3. The minimum Gasteiger partial charge on any atom is -0.358 e. The molecule has 4 rings (SSSR count). The second-order valence-corrected chi connectivity index (χ2v) is 5.94. The van der Waals surface area contributed by atoms with Crippen LogP contribution < -0.4 is 0 Å². The van der Waals surface area contributed by atoms with Gasteiger partial charge in [0.25, 0.3) is 0 Å². The van der Waals surface area contributed by atoms with Gasteiger partial charge >= 0.3 is 0 Å². The molecule has 0 aliphatic carbocycles. The van der Waals surface area contributed by atoms with Crippen molar-refractivity contribution in [3.63, 3.8) is 0 Å². The molecule has 2 aromatic carbocycles. The number of ether oxygens (including phenoxy) is 1. The van der Waals surface area contributed by atoms with Crippen molar-refractivity contribution in [2.45, 2.75) is 24.5 Å². The maximum atomic E-state index is 9.66. The molecule has 2 aromatic rings. The van der Waals surface area contributed by atoms with E-state index < -0.39 is 0 Å². The van der Waals surface area contributed by atoms with Gasteiger partial charge in [-0.15, -0.1) is 0 Å². The van der Waals surface area contributed by atoms with Gasteiger partial charge in [-0.2, -0.15) is 5.06 Å². The summed E-state index contributed by atoms with van der Waals surface area (Å²) in [5.74, 6) is 0. The highest BCUT2D eigenvalue weighted by molar-refractivity contribution is 5.43. The van der Waals surface area contributed by atoms with E-state index in [9.17, 15) is 5.21 Å². The van der Waals surface area contributed by atoms with Gasteiger partial charge in [0.2, 0.25) is 0 Å². The highest BCUT2D eigenvalue weighted by Gasteiger charge is 2.46. The third-order valence-electron chi connectivity index (χ3n) is 4.73. The van der Waals surface area contributed by atoms with Gasteiger partial charge in [0.05, 0.1) is 5.60 Å². The zero-order valence-corrected chi connectivity index (χ0v) is 11.9. The molecule has 3 nitrogen and oxygen atoms in total. The molecule has 0 unspecified atom stereocenters. The minimum absolute atomic E-state index is 0.00708. The van der Waals surface area contributed by atoms with Crippen molar-refractivity contribution < 1.29 is 9.94 Å². The van der Waals surface area contributed by atoms with Crippen molar-refractivity contribution in [1.82, 2.24) is 5.06 Å². The van der Waals surface area contributed by atoms with Crippen molar-refractivity contribution in [3.05, 3.63) is 71.3 Å². The van der Waals surface area contributed by atoms with E-state index in [1.54, 1.807) is 0 Å². The average molecular weight is 281 g/mol. The lowest BCUT2D eigenvalue weighted by atomic mass is 9.83. The molecule has 0 saturated carbocycles. The lowest BCUT2D eigenvalue weighted by Gasteiger charge is -2.37. The number of fused-ring (bicyclic) bond motifs is 2. The van der Waals surface area contributed by atoms with Gasteiger partial charge < -0.3 is 9.94 Å². The summed E-state index contributed by atoms with van der Waals surface area (Å²) >= 11 is 0. The quantitative estimate of drug-likeness (QED) is 0.868. The molecule has 2 aliphatic heterocycles. The van der Waals surface area contributed by atoms with Crippen molar-refractivity contribution in [2.24, 2.45) is 0 Å². The Morgan fingerprint density at radius 1 is 0.952 bits per heavy atom. The maximum Gasteiger partial charge on any atom is 0.109 e. The molecule has 0 bridgehead atoms. The third kappa shape index (κ3) is 2.09. The van der Waals surface area contributed by atoms with E-state index in [2.05, 4.69) is 48.5 Å². The molecule has 21 heavy (non-hydrogen) atoms. The molecule has 0 amide bonds. The second-order valence-electron chi connectivity index (χ2n) is 5.94. The first-order valence-corrected chi connectivity index (χ1v) is 7.54. The van der Waals surface area contributed by atoms with Crippen LogP contribution in [0.25, 0.3) is 0 Å². The van der Waals surface area contributed by atoms with Gasteiger partial charge in [-0.1, -0.05) is 54.6 Å². The second kappa shape index (κ2) is 4.95. The number of hydrogen-bond acceptors (Lipinski definition) is 3. The van der Waals surface area contributed by atoms with Crippen LogP contribution in [0.4, 0.5) is 0 Å². The predicted octanol–water partition coefficient (Wildman–Crippen LogP) is 3.49. The molecule has 1 atom stereocenters. The Kier molecular flexibility index (Phi) is 3.07. The Morgan fingerprint density at radius 3 is 2.38 bits per heavy atom. The zero-order chi connectivity index (χ0) is 14.3. The fraction of sp³-hybridized carbons (Fsp3) is 0.333. The van der Waals surface area contributed by atoms with Gasteiger partial charge in [0.1, 0.15) is 6.10 Å². The molecule has 1 spiro atoms. The van der Waals surface area contributed by atoms with Crippen LogP contribution in [-0.2, 0) is 10.3 Å². The number of benzene rings is 2. The lowest BCUT2D eigenvalue weighted by Crippen LogP contribution is -2.41. The van der Waals surface area contributed by atoms with E-state index >= 15 is 0 Å². The molecular formula is C18H19NO2.